The van der Waals surface area contributed by atoms with Crippen LogP contribution in [0.25, 0.3) is 0 Å². The van der Waals surface area contributed by atoms with E-state index in [1.165, 1.54) is 0 Å². The summed E-state index contributed by atoms with van der Waals surface area (Å²) in [6.45, 7) is 0. The SMILES string of the molecule is C.[Cl-].[Cl-].[Ra+2]. The molecule has 0 atom stereocenters. The molecule has 0 saturated carbocycles. The first-order chi connectivity index (χ1) is 0. The molecule has 4 heavy (non-hydrogen) atoms. The van der Waals surface area contributed by atoms with E-state index in [-0.39, 0.29) is 77.2 Å². The first kappa shape index (κ1) is 36.8. The third kappa shape index (κ3) is 8.97. The van der Waals surface area contributed by atoms with Gasteiger partial charge >= 0.3 is 45.0 Å². The predicted molar refractivity (Wildman–Crippen MR) is 6.73 cm³/mol. The maximum Gasteiger partial charge on any atom is 2.00 e. The van der Waals surface area contributed by atoms with Crippen molar-refractivity contribution in [3.63, 3.8) is 0 Å². The van der Waals surface area contributed by atoms with Gasteiger partial charge in [0.25, 0.3) is 0 Å². The molecular weight excluding hydrogens is 309 g/mol. The molecule has 0 aromatic carbocycles. The van der Waals surface area contributed by atoms with Crippen LogP contribution in [-0.4, -0.2) is 0 Å². The zero-order valence-corrected chi connectivity index (χ0v) is 8.79. The maximum absolute atomic E-state index is 0. The van der Waals surface area contributed by atoms with Crippen LogP contribution >= 0.6 is 0 Å². The second kappa shape index (κ2) is 19.7. The van der Waals surface area contributed by atoms with Crippen molar-refractivity contribution in [3.8, 4) is 0 Å². The standard InChI is InChI=1S/CH4.2ClH.Ra/h1H4;2*1H;/q;;;+2/p-2. The topological polar surface area (TPSA) is 0 Å². The molecule has 0 aromatic heterocycles. The first-order valence-electron chi connectivity index (χ1n) is 0. The van der Waals surface area contributed by atoms with Crippen LogP contribution in [0.1, 0.15) is 7.43 Å². The van der Waals surface area contributed by atoms with E-state index in [0.29, 0.717) is 0 Å². The van der Waals surface area contributed by atoms with Crippen LogP contribution in [0, 0.1) is 45.0 Å². The largest absolute Gasteiger partial charge is 2.00 e. The average Bonchev–Trinajstić information content (AvgIpc) is 0. The summed E-state index contributed by atoms with van der Waals surface area (Å²) in [5.41, 5.74) is 0. The summed E-state index contributed by atoms with van der Waals surface area (Å²) >= 11 is 0. The molecule has 0 unspecified atom stereocenters. The molecule has 0 aliphatic heterocycles. The van der Waals surface area contributed by atoms with Crippen molar-refractivity contribution in [2.24, 2.45) is 0 Å². The Hall–Kier alpha value is 2.05. The monoisotopic (exact) mass is 312 g/mol. The number of hydrogen-bond donors (Lipinski definition) is 0. The summed E-state index contributed by atoms with van der Waals surface area (Å²) in [4.78, 5) is 0. The fourth-order valence-electron chi connectivity index (χ4n) is 0. The third-order valence-corrected chi connectivity index (χ3v) is 0. The third-order valence-electron chi connectivity index (χ3n) is 0. The fraction of sp³-hybridized carbons (Fsp3) is 1.00. The second-order valence-corrected chi connectivity index (χ2v) is 0. The Labute approximate surface area is 76.0 Å². The number of rotatable bonds is 0. The van der Waals surface area contributed by atoms with Gasteiger partial charge in [-0.15, -0.1) is 0 Å². The summed E-state index contributed by atoms with van der Waals surface area (Å²) < 4.78 is 0. The van der Waals surface area contributed by atoms with Gasteiger partial charge in [0.15, 0.2) is 0 Å². The summed E-state index contributed by atoms with van der Waals surface area (Å²) in [6, 6.07) is 0. The van der Waals surface area contributed by atoms with Crippen molar-refractivity contribution in [1.29, 1.82) is 0 Å². The molecule has 0 aliphatic rings. The molecule has 3 heteroatoms. The molecule has 24 valence electrons. The van der Waals surface area contributed by atoms with Crippen LogP contribution in [0.5, 0.6) is 0 Å². The molecule has 0 amide bonds. The van der Waals surface area contributed by atoms with Crippen LogP contribution in [0.4, 0.5) is 0 Å². The predicted octanol–water partition coefficient (Wildman–Crippen LogP) is -5.36. The van der Waals surface area contributed by atoms with Crippen molar-refractivity contribution in [3.05, 3.63) is 0 Å². The second-order valence-electron chi connectivity index (χ2n) is 0. The van der Waals surface area contributed by atoms with E-state index < -0.39 is 0 Å². The van der Waals surface area contributed by atoms with Crippen molar-refractivity contribution >= 4 is 0 Å². The summed E-state index contributed by atoms with van der Waals surface area (Å²) in [5.74, 6) is 0. The summed E-state index contributed by atoms with van der Waals surface area (Å²) in [6.07, 6.45) is 0. The van der Waals surface area contributed by atoms with Gasteiger partial charge in [0.1, 0.15) is 0 Å². The minimum atomic E-state index is 0. The van der Waals surface area contributed by atoms with Crippen molar-refractivity contribution in [2.75, 3.05) is 0 Å². The van der Waals surface area contributed by atoms with E-state index in [2.05, 4.69) is 0 Å². The molecule has 0 N–H and O–H groups in total. The van der Waals surface area contributed by atoms with E-state index in [4.69, 9.17) is 0 Å². The Balaban J connectivity index is 0. The molecule has 0 aliphatic carbocycles. The molecule has 0 aromatic rings. The maximum atomic E-state index is 0. The van der Waals surface area contributed by atoms with E-state index in [0.717, 1.165) is 0 Å². The van der Waals surface area contributed by atoms with E-state index in [1.54, 1.807) is 0 Å². The van der Waals surface area contributed by atoms with E-state index in [9.17, 15) is 0 Å². The van der Waals surface area contributed by atoms with Gasteiger partial charge in [0.2, 0.25) is 0 Å². The number of halogens is 2. The average molecular weight is 313 g/mol. The van der Waals surface area contributed by atoms with Crippen LogP contribution in [0.2, 0.25) is 0 Å². The molecule has 0 bridgehead atoms. The summed E-state index contributed by atoms with van der Waals surface area (Å²) in [5, 5.41) is 0. The van der Waals surface area contributed by atoms with Crippen molar-refractivity contribution in [1.82, 2.24) is 0 Å². The molecule has 0 spiro atoms. The van der Waals surface area contributed by atoms with Gasteiger partial charge < -0.3 is 24.8 Å². The minimum Gasteiger partial charge on any atom is -1.00 e. The van der Waals surface area contributed by atoms with Gasteiger partial charge in [-0.25, -0.2) is 0 Å². The zero-order chi connectivity index (χ0) is 0. The smallest absolute Gasteiger partial charge is 1.00 e. The molecular formula is CH4Cl2Ra. The molecule has 0 heterocycles. The first-order valence-corrected chi connectivity index (χ1v) is 0. The quantitative estimate of drug-likeness (QED) is 0.419. The minimum absolute atomic E-state index is 0. The van der Waals surface area contributed by atoms with Gasteiger partial charge in [-0.3, -0.25) is 0 Å². The van der Waals surface area contributed by atoms with E-state index >= 15 is 0 Å². The Morgan fingerprint density at radius 1 is 0.750 bits per heavy atom. The normalized spacial score (nSPS) is 0. The Bertz CT molecular complexity index is 6.00. The van der Waals surface area contributed by atoms with E-state index in [1.807, 2.05) is 0 Å². The van der Waals surface area contributed by atoms with Crippen molar-refractivity contribution in [2.45, 2.75) is 7.43 Å². The van der Waals surface area contributed by atoms with Gasteiger partial charge in [0, 0.05) is 0 Å². The molecule has 0 saturated heterocycles. The van der Waals surface area contributed by atoms with Crippen LogP contribution in [-0.2, 0) is 0 Å². The Morgan fingerprint density at radius 3 is 0.750 bits per heavy atom. The van der Waals surface area contributed by atoms with Crippen LogP contribution < -0.4 is 24.8 Å². The van der Waals surface area contributed by atoms with Crippen molar-refractivity contribution < 1.29 is 69.8 Å². The van der Waals surface area contributed by atoms with Crippen LogP contribution in [0.3, 0.4) is 0 Å². The van der Waals surface area contributed by atoms with Gasteiger partial charge in [0.05, 0.1) is 0 Å². The Kier molecular flexibility index (Phi) is 181. The molecule has 0 nitrogen and oxygen atoms in total. The number of hydrogen-bond acceptors (Lipinski definition) is 0. The van der Waals surface area contributed by atoms with Gasteiger partial charge in [-0.2, -0.15) is 0 Å². The van der Waals surface area contributed by atoms with Gasteiger partial charge in [-0.1, -0.05) is 7.43 Å². The molecule has 0 radical (unpaired) electrons. The summed E-state index contributed by atoms with van der Waals surface area (Å²) in [7, 11) is 0. The molecule has 0 rings (SSSR count). The fourth-order valence-corrected chi connectivity index (χ4v) is 0. The Morgan fingerprint density at radius 2 is 0.750 bits per heavy atom. The van der Waals surface area contributed by atoms with Crippen LogP contribution in [0.15, 0.2) is 0 Å². The molecule has 0 fully saturated rings. The zero-order valence-electron chi connectivity index (χ0n) is 1.46. The van der Waals surface area contributed by atoms with Gasteiger partial charge in [-0.05, 0) is 0 Å².